The molecule has 1 aromatic heterocycles. The minimum atomic E-state index is -1.07. The topological polar surface area (TPSA) is 113 Å². The molecule has 0 radical (unpaired) electrons. The van der Waals surface area contributed by atoms with Gasteiger partial charge in [-0.25, -0.2) is 0 Å². The van der Waals surface area contributed by atoms with Gasteiger partial charge in [0.05, 0.1) is 29.3 Å². The molecule has 0 bridgehead atoms. The number of hydrogen-bond donors (Lipinski definition) is 2. The Balaban J connectivity index is 1.65. The fraction of sp³-hybridized carbons (Fsp3) is 0.600. The Morgan fingerprint density at radius 3 is 2.70 bits per heavy atom. The van der Waals surface area contributed by atoms with Crippen LogP contribution >= 0.6 is 27.3 Å². The van der Waals surface area contributed by atoms with Crippen LogP contribution in [-0.4, -0.2) is 48.4 Å². The molecule has 0 spiro atoms. The van der Waals surface area contributed by atoms with Crippen molar-refractivity contribution < 1.29 is 19.2 Å². The molecule has 3 rings (SSSR count). The number of nitrogens with one attached hydrogen (secondary N) is 2. The summed E-state index contributed by atoms with van der Waals surface area (Å²) in [6.45, 7) is 8.60. The number of ether oxygens (including phenoxy) is 1. The van der Waals surface area contributed by atoms with Gasteiger partial charge in [-0.05, 0) is 35.3 Å². The van der Waals surface area contributed by atoms with E-state index < -0.39 is 11.6 Å². The van der Waals surface area contributed by atoms with E-state index in [0.29, 0.717) is 33.7 Å². The maximum Gasteiger partial charge on any atom is 0.267 e. The van der Waals surface area contributed by atoms with Crippen molar-refractivity contribution in [2.75, 3.05) is 13.2 Å². The highest BCUT2D eigenvalue weighted by atomic mass is 79.9. The molecule has 1 saturated heterocycles. The average Bonchev–Trinajstić information content (AvgIpc) is 3.27. The zero-order chi connectivity index (χ0) is 22.1. The molecule has 1 fully saturated rings. The Hall–Kier alpha value is -1.96. The van der Waals surface area contributed by atoms with Gasteiger partial charge in [0.1, 0.15) is 10.9 Å². The smallest absolute Gasteiger partial charge is 0.267 e. The first-order valence-electron chi connectivity index (χ1n) is 9.68. The van der Waals surface area contributed by atoms with E-state index in [0.717, 1.165) is 17.0 Å². The summed E-state index contributed by atoms with van der Waals surface area (Å²) in [6.07, 6.45) is 0.986. The molecule has 8 nitrogen and oxygen atoms in total. The highest BCUT2D eigenvalue weighted by molar-refractivity contribution is 9.10. The van der Waals surface area contributed by atoms with Gasteiger partial charge < -0.3 is 20.2 Å². The predicted octanol–water partition coefficient (Wildman–Crippen LogP) is 2.97. The molecule has 3 atom stereocenters. The third kappa shape index (κ3) is 4.85. The van der Waals surface area contributed by atoms with E-state index in [2.05, 4.69) is 31.7 Å². The molecule has 30 heavy (non-hydrogen) atoms. The summed E-state index contributed by atoms with van der Waals surface area (Å²) in [4.78, 5) is 32.0. The Labute approximate surface area is 188 Å². The highest BCUT2D eigenvalue weighted by Crippen LogP contribution is 2.32. The number of nitriles is 1. The van der Waals surface area contributed by atoms with Crippen LogP contribution in [0.1, 0.15) is 55.1 Å². The van der Waals surface area contributed by atoms with Gasteiger partial charge in [0.2, 0.25) is 5.60 Å². The SMILES string of the molecule is CC(C)(C)C1=NOC(C)(C(=O)N[C@@H]2CCOC[C@@H]2NC(=O)c2cc(Br)c(C#N)s2)C1. The van der Waals surface area contributed by atoms with E-state index in [1.54, 1.807) is 13.0 Å². The van der Waals surface area contributed by atoms with Crippen LogP contribution in [0.5, 0.6) is 0 Å². The first-order valence-corrected chi connectivity index (χ1v) is 11.3. The van der Waals surface area contributed by atoms with Crippen molar-refractivity contribution in [1.29, 1.82) is 5.26 Å². The Morgan fingerprint density at radius 1 is 1.37 bits per heavy atom. The molecule has 3 heterocycles. The number of hydrogen-bond acceptors (Lipinski definition) is 7. The minimum absolute atomic E-state index is 0.176. The zero-order valence-electron chi connectivity index (χ0n) is 17.4. The minimum Gasteiger partial charge on any atom is -0.379 e. The van der Waals surface area contributed by atoms with Gasteiger partial charge in [-0.1, -0.05) is 25.9 Å². The number of thiophene rings is 1. The average molecular weight is 497 g/mol. The van der Waals surface area contributed by atoms with E-state index in [1.165, 1.54) is 0 Å². The molecule has 0 aromatic carbocycles. The molecule has 0 aliphatic carbocycles. The first kappa shape index (κ1) is 22.7. The van der Waals surface area contributed by atoms with Crippen LogP contribution in [0.4, 0.5) is 0 Å². The normalized spacial score (nSPS) is 26.3. The molecular weight excluding hydrogens is 472 g/mol. The lowest BCUT2D eigenvalue weighted by Gasteiger charge is -2.34. The van der Waals surface area contributed by atoms with Crippen molar-refractivity contribution in [2.45, 2.75) is 58.2 Å². The maximum absolute atomic E-state index is 13.0. The van der Waals surface area contributed by atoms with Gasteiger partial charge in [0, 0.05) is 22.9 Å². The number of carbonyl (C=O) groups excluding carboxylic acids is 2. The third-order valence-corrected chi connectivity index (χ3v) is 7.14. The quantitative estimate of drug-likeness (QED) is 0.664. The predicted molar refractivity (Wildman–Crippen MR) is 116 cm³/mol. The number of nitrogens with zero attached hydrogens (tertiary/aromatic N) is 2. The van der Waals surface area contributed by atoms with Crippen molar-refractivity contribution in [2.24, 2.45) is 10.6 Å². The highest BCUT2D eigenvalue weighted by Gasteiger charge is 2.46. The monoisotopic (exact) mass is 496 g/mol. The van der Waals surface area contributed by atoms with E-state index in [1.807, 2.05) is 26.8 Å². The number of rotatable bonds is 4. The van der Waals surface area contributed by atoms with Gasteiger partial charge in [-0.3, -0.25) is 9.59 Å². The summed E-state index contributed by atoms with van der Waals surface area (Å²) in [5, 5.41) is 19.2. The van der Waals surface area contributed by atoms with Crippen LogP contribution in [0.15, 0.2) is 15.7 Å². The van der Waals surface area contributed by atoms with E-state index >= 15 is 0 Å². The van der Waals surface area contributed by atoms with Crippen molar-refractivity contribution in [3.05, 3.63) is 20.3 Å². The van der Waals surface area contributed by atoms with Gasteiger partial charge in [0.15, 0.2) is 0 Å². The lowest BCUT2D eigenvalue weighted by atomic mass is 9.83. The first-order chi connectivity index (χ1) is 14.0. The molecule has 1 unspecified atom stereocenters. The molecule has 2 N–H and O–H groups in total. The van der Waals surface area contributed by atoms with Crippen molar-refractivity contribution in [1.82, 2.24) is 10.6 Å². The second-order valence-electron chi connectivity index (χ2n) is 8.71. The summed E-state index contributed by atoms with van der Waals surface area (Å²) in [5.74, 6) is -0.569. The zero-order valence-corrected chi connectivity index (χ0v) is 19.8. The fourth-order valence-corrected chi connectivity index (χ4v) is 4.70. The van der Waals surface area contributed by atoms with Gasteiger partial charge in [-0.2, -0.15) is 5.26 Å². The van der Waals surface area contributed by atoms with Crippen molar-refractivity contribution in [3.63, 3.8) is 0 Å². The maximum atomic E-state index is 13.0. The fourth-order valence-electron chi connectivity index (χ4n) is 3.23. The Morgan fingerprint density at radius 2 is 2.10 bits per heavy atom. The lowest BCUT2D eigenvalue weighted by Crippen LogP contribution is -2.59. The molecule has 2 amide bonds. The van der Waals surface area contributed by atoms with E-state index in [-0.39, 0.29) is 29.9 Å². The summed E-state index contributed by atoms with van der Waals surface area (Å²) in [7, 11) is 0. The standard InChI is InChI=1S/C20H25BrN4O4S/c1-19(2,3)16-8-20(4,29-25-16)18(27)24-12-5-6-28-10-13(12)23-17(26)14-7-11(21)15(9-22)30-14/h7,12-13H,5-6,8,10H2,1-4H3,(H,23,26)(H,24,27)/t12-,13+,20?/m1/s1. The number of halogens is 1. The van der Waals surface area contributed by atoms with Crippen LogP contribution in [0, 0.1) is 16.7 Å². The van der Waals surface area contributed by atoms with Crippen LogP contribution in [0.2, 0.25) is 0 Å². The number of oxime groups is 1. The number of carbonyl (C=O) groups is 2. The third-order valence-electron chi connectivity index (χ3n) is 5.21. The van der Waals surface area contributed by atoms with Gasteiger partial charge in [-0.15, -0.1) is 11.3 Å². The van der Waals surface area contributed by atoms with Crippen LogP contribution in [-0.2, 0) is 14.4 Å². The number of amides is 2. The molecular formula is C20H25BrN4O4S. The summed E-state index contributed by atoms with van der Waals surface area (Å²) >= 11 is 4.39. The van der Waals surface area contributed by atoms with Crippen LogP contribution < -0.4 is 10.6 Å². The van der Waals surface area contributed by atoms with Crippen LogP contribution in [0.25, 0.3) is 0 Å². The van der Waals surface area contributed by atoms with E-state index in [4.69, 9.17) is 14.8 Å². The van der Waals surface area contributed by atoms with E-state index in [9.17, 15) is 9.59 Å². The second kappa shape index (κ2) is 8.65. The van der Waals surface area contributed by atoms with Crippen molar-refractivity contribution >= 4 is 44.8 Å². The summed E-state index contributed by atoms with van der Waals surface area (Å²) in [5.41, 5.74) is -0.408. The summed E-state index contributed by atoms with van der Waals surface area (Å²) < 4.78 is 6.10. The summed E-state index contributed by atoms with van der Waals surface area (Å²) in [6, 6.07) is 2.97. The molecule has 2 aliphatic rings. The molecule has 0 saturated carbocycles. The van der Waals surface area contributed by atoms with Gasteiger partial charge in [0.25, 0.3) is 11.8 Å². The molecule has 162 valence electrons. The van der Waals surface area contributed by atoms with Gasteiger partial charge >= 0.3 is 0 Å². The molecule has 2 aliphatic heterocycles. The second-order valence-corrected chi connectivity index (χ2v) is 10.6. The lowest BCUT2D eigenvalue weighted by molar-refractivity contribution is -0.143. The Kier molecular flexibility index (Phi) is 6.55. The largest absolute Gasteiger partial charge is 0.379 e. The van der Waals surface area contributed by atoms with Crippen LogP contribution in [0.3, 0.4) is 0 Å². The van der Waals surface area contributed by atoms with Crippen molar-refractivity contribution in [3.8, 4) is 6.07 Å². The molecule has 1 aromatic rings. The molecule has 10 heteroatoms. The Bertz CT molecular complexity index is 917.